The van der Waals surface area contributed by atoms with E-state index >= 15 is 0 Å². The number of aryl methyl sites for hydroxylation is 1. The van der Waals surface area contributed by atoms with Crippen LogP contribution in [0.2, 0.25) is 0 Å². The number of carbonyl (C=O) groups is 1. The summed E-state index contributed by atoms with van der Waals surface area (Å²) < 4.78 is 0. The number of hydrazone groups is 1. The fourth-order valence-electron chi connectivity index (χ4n) is 4.96. The third-order valence-corrected chi connectivity index (χ3v) is 6.41. The number of rotatable bonds is 2. The first-order valence-electron chi connectivity index (χ1n) is 10.3. The minimum absolute atomic E-state index is 0.0728. The quantitative estimate of drug-likeness (QED) is 0.614. The number of hydrogen-bond donors (Lipinski definition) is 0. The maximum Gasteiger partial charge on any atom is 0.275 e. The third kappa shape index (κ3) is 2.75. The number of anilines is 1. The highest BCUT2D eigenvalue weighted by atomic mass is 16.2. The van der Waals surface area contributed by atoms with Crippen molar-refractivity contribution in [3.63, 3.8) is 0 Å². The van der Waals surface area contributed by atoms with Crippen molar-refractivity contribution in [2.45, 2.75) is 31.8 Å². The normalized spacial score (nSPS) is 22.4. The van der Waals surface area contributed by atoms with Gasteiger partial charge < -0.3 is 4.90 Å². The predicted molar refractivity (Wildman–Crippen MR) is 121 cm³/mol. The molecule has 0 N–H and O–H groups in total. The largest absolute Gasteiger partial charge is 0.352 e. The van der Waals surface area contributed by atoms with Crippen LogP contribution in [0.4, 0.5) is 5.69 Å². The number of fused-ring (bicyclic) bond motifs is 3. The van der Waals surface area contributed by atoms with Crippen LogP contribution < -0.4 is 4.90 Å². The van der Waals surface area contributed by atoms with Crippen LogP contribution in [-0.4, -0.2) is 29.8 Å². The van der Waals surface area contributed by atoms with Crippen molar-refractivity contribution in [3.05, 3.63) is 101 Å². The summed E-state index contributed by atoms with van der Waals surface area (Å²) >= 11 is 0. The minimum Gasteiger partial charge on any atom is -0.352 e. The van der Waals surface area contributed by atoms with E-state index in [1.54, 1.807) is 5.01 Å². The molecule has 2 heterocycles. The Kier molecular flexibility index (Phi) is 4.24. The van der Waals surface area contributed by atoms with Crippen LogP contribution in [0.15, 0.2) is 84.0 Å². The minimum atomic E-state index is -0.256. The second-order valence-electron chi connectivity index (χ2n) is 8.53. The van der Waals surface area contributed by atoms with Gasteiger partial charge in [0.25, 0.3) is 5.91 Å². The van der Waals surface area contributed by atoms with E-state index < -0.39 is 0 Å². The monoisotopic (exact) mass is 395 g/mol. The molecule has 0 spiro atoms. The van der Waals surface area contributed by atoms with Gasteiger partial charge in [0.05, 0.1) is 5.71 Å². The van der Waals surface area contributed by atoms with Crippen LogP contribution in [0, 0.1) is 6.92 Å². The Balaban J connectivity index is 1.69. The third-order valence-electron chi connectivity index (χ3n) is 6.41. The Labute approximate surface area is 177 Å². The molecule has 0 saturated heterocycles. The fraction of sp³-hybridized carbons (Fsp3) is 0.231. The van der Waals surface area contributed by atoms with Crippen LogP contribution in [-0.2, 0) is 5.41 Å². The summed E-state index contributed by atoms with van der Waals surface area (Å²) in [6, 6.07) is 26.2. The van der Waals surface area contributed by atoms with Crippen molar-refractivity contribution in [2.75, 3.05) is 11.9 Å². The molecule has 0 aliphatic carbocycles. The average Bonchev–Trinajstić information content (AvgIpc) is 3.00. The van der Waals surface area contributed by atoms with E-state index in [-0.39, 0.29) is 17.5 Å². The van der Waals surface area contributed by atoms with Gasteiger partial charge in [-0.2, -0.15) is 5.10 Å². The lowest BCUT2D eigenvalue weighted by atomic mass is 9.74. The van der Waals surface area contributed by atoms with Gasteiger partial charge in [0.1, 0.15) is 6.17 Å². The highest BCUT2D eigenvalue weighted by molar-refractivity contribution is 6.04. The van der Waals surface area contributed by atoms with Crippen molar-refractivity contribution in [2.24, 2.45) is 5.10 Å². The number of likely N-dealkylation sites (N-methyl/N-ethyl adjacent to an activating group) is 1. The van der Waals surface area contributed by atoms with E-state index in [0.717, 1.165) is 17.7 Å². The zero-order valence-corrected chi connectivity index (χ0v) is 17.5. The molecule has 30 heavy (non-hydrogen) atoms. The van der Waals surface area contributed by atoms with E-state index in [4.69, 9.17) is 5.10 Å². The van der Waals surface area contributed by atoms with Crippen LogP contribution in [0.1, 0.15) is 40.4 Å². The molecular weight excluding hydrogens is 370 g/mol. The van der Waals surface area contributed by atoms with E-state index in [1.807, 2.05) is 48.5 Å². The maximum atomic E-state index is 13.6. The molecule has 0 radical (unpaired) electrons. The lowest BCUT2D eigenvalue weighted by Crippen LogP contribution is -2.57. The summed E-state index contributed by atoms with van der Waals surface area (Å²) in [5, 5.41) is 6.64. The Hall–Kier alpha value is -3.40. The number of amides is 1. The van der Waals surface area contributed by atoms with Gasteiger partial charge in [-0.3, -0.25) is 4.79 Å². The maximum absolute atomic E-state index is 13.6. The van der Waals surface area contributed by atoms with Crippen molar-refractivity contribution >= 4 is 17.3 Å². The molecule has 5 rings (SSSR count). The number of hydrogen-bond acceptors (Lipinski definition) is 3. The molecule has 0 fully saturated rings. The van der Waals surface area contributed by atoms with Crippen molar-refractivity contribution in [1.82, 2.24) is 5.01 Å². The second kappa shape index (κ2) is 6.84. The van der Waals surface area contributed by atoms with Gasteiger partial charge in [-0.05, 0) is 36.2 Å². The Morgan fingerprint density at radius 1 is 1.00 bits per heavy atom. The number of nitrogens with zero attached hydrogens (tertiary/aromatic N) is 3. The van der Waals surface area contributed by atoms with Gasteiger partial charge in [-0.1, -0.05) is 73.2 Å². The SMILES string of the molecule is Cc1ccc2c(c1)[C@@]1(C)CC(c3ccccc3)=NN(C(=O)c3ccccc3)[C@@H]1N2C. The van der Waals surface area contributed by atoms with Gasteiger partial charge in [0.2, 0.25) is 0 Å². The van der Waals surface area contributed by atoms with Crippen LogP contribution >= 0.6 is 0 Å². The van der Waals surface area contributed by atoms with Crippen LogP contribution in [0.3, 0.4) is 0 Å². The Morgan fingerprint density at radius 3 is 2.37 bits per heavy atom. The number of carbonyl (C=O) groups excluding carboxylic acids is 1. The summed E-state index contributed by atoms with van der Waals surface area (Å²) in [4.78, 5) is 15.8. The molecule has 0 saturated carbocycles. The summed E-state index contributed by atoms with van der Waals surface area (Å²) in [5.74, 6) is -0.0728. The molecule has 3 aromatic rings. The molecule has 4 heteroatoms. The molecule has 0 aromatic heterocycles. The predicted octanol–water partition coefficient (Wildman–Crippen LogP) is 4.98. The number of benzene rings is 3. The average molecular weight is 396 g/mol. The first kappa shape index (κ1) is 18.6. The van der Waals surface area contributed by atoms with E-state index in [0.29, 0.717) is 5.56 Å². The summed E-state index contributed by atoms with van der Waals surface area (Å²) in [5.41, 5.74) is 6.08. The Morgan fingerprint density at radius 2 is 1.67 bits per heavy atom. The molecule has 0 bridgehead atoms. The molecule has 0 unspecified atom stereocenters. The Bertz CT molecular complexity index is 1140. The molecule has 2 atom stereocenters. The molecule has 3 aromatic carbocycles. The van der Waals surface area contributed by atoms with Gasteiger partial charge >= 0.3 is 0 Å². The first-order valence-corrected chi connectivity index (χ1v) is 10.3. The van der Waals surface area contributed by atoms with Crippen molar-refractivity contribution in [3.8, 4) is 0 Å². The lowest BCUT2D eigenvalue weighted by Gasteiger charge is -2.44. The van der Waals surface area contributed by atoms with Crippen molar-refractivity contribution in [1.29, 1.82) is 0 Å². The zero-order chi connectivity index (χ0) is 20.9. The topological polar surface area (TPSA) is 35.9 Å². The first-order chi connectivity index (χ1) is 14.5. The molecular formula is C26H25N3O. The van der Waals surface area contributed by atoms with Crippen molar-refractivity contribution < 1.29 is 4.79 Å². The van der Waals surface area contributed by atoms with Crippen LogP contribution in [0.25, 0.3) is 0 Å². The fourth-order valence-corrected chi connectivity index (χ4v) is 4.96. The highest BCUT2D eigenvalue weighted by Gasteiger charge is 2.54. The van der Waals surface area contributed by atoms with Crippen LogP contribution in [0.5, 0.6) is 0 Å². The molecule has 150 valence electrons. The van der Waals surface area contributed by atoms with Gasteiger partial charge in [0, 0.05) is 30.1 Å². The summed E-state index contributed by atoms with van der Waals surface area (Å²) in [6.45, 7) is 4.39. The zero-order valence-electron chi connectivity index (χ0n) is 17.5. The molecule has 4 nitrogen and oxygen atoms in total. The molecule has 2 aliphatic heterocycles. The van der Waals surface area contributed by atoms with E-state index in [1.165, 1.54) is 16.8 Å². The lowest BCUT2D eigenvalue weighted by molar-refractivity contribution is 0.0581. The molecule has 2 aliphatic rings. The second-order valence-corrected chi connectivity index (χ2v) is 8.53. The highest BCUT2D eigenvalue weighted by Crippen LogP contribution is 2.50. The van der Waals surface area contributed by atoms with Gasteiger partial charge in [-0.25, -0.2) is 5.01 Å². The summed E-state index contributed by atoms with van der Waals surface area (Å²) in [6.07, 6.45) is 0.607. The smallest absolute Gasteiger partial charge is 0.275 e. The van der Waals surface area contributed by atoms with Gasteiger partial charge in [-0.15, -0.1) is 0 Å². The van der Waals surface area contributed by atoms with E-state index in [2.05, 4.69) is 56.1 Å². The van der Waals surface area contributed by atoms with E-state index in [9.17, 15) is 4.79 Å². The summed E-state index contributed by atoms with van der Waals surface area (Å²) in [7, 11) is 2.07. The molecule has 1 amide bonds. The van der Waals surface area contributed by atoms with Gasteiger partial charge in [0.15, 0.2) is 0 Å². The standard InChI is InChI=1S/C26H25N3O/c1-18-14-15-23-21(16-18)26(2)17-22(19-10-6-4-7-11-19)27-29(25(26)28(23)3)24(30)20-12-8-5-9-13-20/h4-16,25H,17H2,1-3H3/t25-,26+/m0/s1.